The van der Waals surface area contributed by atoms with Crippen molar-refractivity contribution in [1.82, 2.24) is 0 Å². The van der Waals surface area contributed by atoms with Crippen LogP contribution in [0.15, 0.2) is 12.1 Å². The van der Waals surface area contributed by atoms with E-state index in [4.69, 9.17) is 27.9 Å². The van der Waals surface area contributed by atoms with Gasteiger partial charge in [0.2, 0.25) is 0 Å². The molecular formula is C12H7Cl2O4S-. The zero-order valence-corrected chi connectivity index (χ0v) is 12.0. The van der Waals surface area contributed by atoms with Gasteiger partial charge in [0.25, 0.3) is 0 Å². The number of halogens is 2. The Morgan fingerprint density at radius 3 is 2.58 bits per heavy atom. The van der Waals surface area contributed by atoms with Crippen molar-refractivity contribution in [2.24, 2.45) is 0 Å². The first-order valence-corrected chi connectivity index (χ1v) is 6.72. The highest BCUT2D eigenvalue weighted by molar-refractivity contribution is 7.21. The van der Waals surface area contributed by atoms with E-state index in [1.54, 1.807) is 12.1 Å². The van der Waals surface area contributed by atoms with Crippen LogP contribution in [0.5, 0.6) is 5.75 Å². The standard InChI is InChI=1S/C12H8Cl2O4S/c1-5(15)8-3-6-2-7(18-4-9(16)17)10(13)11(14)12(6)19-8/h2-3H,4H2,1H3,(H,16,17)/p-1. The third-order valence-corrected chi connectivity index (χ3v) is 4.58. The number of fused-ring (bicyclic) bond motifs is 1. The first kappa shape index (κ1) is 14.1. The van der Waals surface area contributed by atoms with Crippen molar-refractivity contribution in [2.75, 3.05) is 6.61 Å². The molecule has 0 fully saturated rings. The molecular weight excluding hydrogens is 311 g/mol. The molecule has 0 bridgehead atoms. The van der Waals surface area contributed by atoms with Crippen molar-refractivity contribution in [3.05, 3.63) is 27.1 Å². The molecule has 4 nitrogen and oxygen atoms in total. The summed E-state index contributed by atoms with van der Waals surface area (Å²) in [5.74, 6) is -1.29. The SMILES string of the molecule is CC(=O)c1cc2cc(OCC(=O)[O-])c(Cl)c(Cl)c2s1. The lowest BCUT2D eigenvalue weighted by molar-refractivity contribution is -0.307. The molecule has 2 rings (SSSR count). The first-order valence-electron chi connectivity index (χ1n) is 5.15. The average molecular weight is 318 g/mol. The zero-order valence-electron chi connectivity index (χ0n) is 9.66. The highest BCUT2D eigenvalue weighted by Crippen LogP contribution is 2.42. The number of hydrogen-bond donors (Lipinski definition) is 0. The van der Waals surface area contributed by atoms with E-state index < -0.39 is 12.6 Å². The number of benzene rings is 1. The van der Waals surface area contributed by atoms with Crippen molar-refractivity contribution in [3.63, 3.8) is 0 Å². The zero-order chi connectivity index (χ0) is 14.2. The van der Waals surface area contributed by atoms with Crippen LogP contribution in [-0.2, 0) is 4.79 Å². The predicted molar refractivity (Wildman–Crippen MR) is 72.4 cm³/mol. The first-order chi connectivity index (χ1) is 8.90. The molecule has 0 amide bonds. The average Bonchev–Trinajstić information content (AvgIpc) is 2.76. The number of thiophene rings is 1. The Morgan fingerprint density at radius 1 is 1.32 bits per heavy atom. The van der Waals surface area contributed by atoms with Gasteiger partial charge in [0.1, 0.15) is 17.4 Å². The van der Waals surface area contributed by atoms with Crippen LogP contribution in [0, 0.1) is 0 Å². The highest BCUT2D eigenvalue weighted by atomic mass is 35.5. The van der Waals surface area contributed by atoms with Crippen molar-refractivity contribution in [2.45, 2.75) is 6.92 Å². The van der Waals surface area contributed by atoms with Crippen LogP contribution in [0.25, 0.3) is 10.1 Å². The Morgan fingerprint density at radius 2 is 2.00 bits per heavy atom. The molecule has 7 heteroatoms. The molecule has 100 valence electrons. The highest BCUT2D eigenvalue weighted by Gasteiger charge is 2.15. The lowest BCUT2D eigenvalue weighted by atomic mass is 10.2. The fourth-order valence-corrected chi connectivity index (χ4v) is 3.07. The monoisotopic (exact) mass is 317 g/mol. The molecule has 1 aromatic heterocycles. The summed E-state index contributed by atoms with van der Waals surface area (Å²) in [5.41, 5.74) is 0. The van der Waals surface area contributed by atoms with Crippen LogP contribution in [-0.4, -0.2) is 18.4 Å². The van der Waals surface area contributed by atoms with Crippen LogP contribution < -0.4 is 9.84 Å². The van der Waals surface area contributed by atoms with Crippen LogP contribution >= 0.6 is 34.5 Å². The quantitative estimate of drug-likeness (QED) is 0.813. The van der Waals surface area contributed by atoms with E-state index in [-0.39, 0.29) is 21.6 Å². The minimum Gasteiger partial charge on any atom is -0.546 e. The van der Waals surface area contributed by atoms with Crippen LogP contribution in [0.4, 0.5) is 0 Å². The van der Waals surface area contributed by atoms with Gasteiger partial charge in [-0.25, -0.2) is 0 Å². The summed E-state index contributed by atoms with van der Waals surface area (Å²) < 4.78 is 5.66. The fraction of sp³-hybridized carbons (Fsp3) is 0.167. The summed E-state index contributed by atoms with van der Waals surface area (Å²) >= 11 is 13.3. The maximum Gasteiger partial charge on any atom is 0.169 e. The molecule has 0 atom stereocenters. The van der Waals surface area contributed by atoms with E-state index in [1.165, 1.54) is 18.3 Å². The molecule has 0 aliphatic carbocycles. The lowest BCUT2D eigenvalue weighted by Crippen LogP contribution is -2.29. The van der Waals surface area contributed by atoms with Gasteiger partial charge in [-0.1, -0.05) is 23.2 Å². The van der Waals surface area contributed by atoms with E-state index in [0.29, 0.717) is 15.0 Å². The molecule has 2 aromatic rings. The predicted octanol–water partition coefficient (Wildman–Crippen LogP) is 2.54. The van der Waals surface area contributed by atoms with Gasteiger partial charge < -0.3 is 14.6 Å². The van der Waals surface area contributed by atoms with E-state index >= 15 is 0 Å². The molecule has 1 heterocycles. The number of aliphatic carboxylic acids is 1. The largest absolute Gasteiger partial charge is 0.546 e. The lowest BCUT2D eigenvalue weighted by Gasteiger charge is -2.10. The smallest absolute Gasteiger partial charge is 0.169 e. The maximum atomic E-state index is 11.3. The maximum absolute atomic E-state index is 11.3. The van der Waals surface area contributed by atoms with Crippen LogP contribution in [0.1, 0.15) is 16.6 Å². The summed E-state index contributed by atoms with van der Waals surface area (Å²) in [7, 11) is 0. The Balaban J connectivity index is 2.52. The summed E-state index contributed by atoms with van der Waals surface area (Å²) in [6, 6.07) is 3.21. The van der Waals surface area contributed by atoms with Crippen molar-refractivity contribution in [1.29, 1.82) is 0 Å². The van der Waals surface area contributed by atoms with Gasteiger partial charge in [-0.2, -0.15) is 0 Å². The summed E-state index contributed by atoms with van der Waals surface area (Å²) in [5, 5.41) is 11.4. The minimum absolute atomic E-state index is 0.0782. The van der Waals surface area contributed by atoms with Gasteiger partial charge in [-0.15, -0.1) is 11.3 Å². The van der Waals surface area contributed by atoms with Gasteiger partial charge in [-0.3, -0.25) is 4.79 Å². The Labute approximate surface area is 122 Å². The van der Waals surface area contributed by atoms with Gasteiger partial charge in [0, 0.05) is 0 Å². The Kier molecular flexibility index (Phi) is 3.99. The number of hydrogen-bond acceptors (Lipinski definition) is 5. The number of carboxylic acid groups (broad SMARTS) is 1. The van der Waals surface area contributed by atoms with Crippen molar-refractivity contribution < 1.29 is 19.4 Å². The molecule has 0 saturated carbocycles. The molecule has 0 saturated heterocycles. The van der Waals surface area contributed by atoms with Gasteiger partial charge in [0.05, 0.1) is 20.6 Å². The van der Waals surface area contributed by atoms with Crippen molar-refractivity contribution in [3.8, 4) is 5.75 Å². The van der Waals surface area contributed by atoms with Crippen molar-refractivity contribution >= 4 is 56.4 Å². The molecule has 19 heavy (non-hydrogen) atoms. The fourth-order valence-electron chi connectivity index (χ4n) is 1.51. The number of carboxylic acids is 1. The normalized spacial score (nSPS) is 10.7. The van der Waals surface area contributed by atoms with E-state index in [9.17, 15) is 14.7 Å². The number of ketones is 1. The molecule has 0 aliphatic heterocycles. The third-order valence-electron chi connectivity index (χ3n) is 2.35. The van der Waals surface area contributed by atoms with E-state index in [2.05, 4.69) is 0 Å². The van der Waals surface area contributed by atoms with Gasteiger partial charge in [0.15, 0.2) is 5.78 Å². The second kappa shape index (κ2) is 5.36. The molecule has 0 spiro atoms. The molecule has 0 N–H and O–H groups in total. The second-order valence-electron chi connectivity index (χ2n) is 3.75. The topological polar surface area (TPSA) is 66.4 Å². The number of rotatable bonds is 4. The summed E-state index contributed by atoms with van der Waals surface area (Å²) in [6.45, 7) is 0.832. The summed E-state index contributed by atoms with van der Waals surface area (Å²) in [6.07, 6.45) is 0. The number of ether oxygens (including phenoxy) is 1. The molecule has 1 aromatic carbocycles. The molecule has 0 radical (unpaired) electrons. The number of Topliss-reactive ketones (excluding diaryl/α,β-unsaturated/α-hetero) is 1. The van der Waals surface area contributed by atoms with Crippen LogP contribution in [0.3, 0.4) is 0 Å². The molecule has 0 unspecified atom stereocenters. The summed E-state index contributed by atoms with van der Waals surface area (Å²) in [4.78, 5) is 22.2. The third kappa shape index (κ3) is 2.83. The van der Waals surface area contributed by atoms with E-state index in [1.807, 2.05) is 0 Å². The Hall–Kier alpha value is -1.30. The second-order valence-corrected chi connectivity index (χ2v) is 5.56. The van der Waals surface area contributed by atoms with Gasteiger partial charge in [-0.05, 0) is 24.4 Å². The molecule has 0 aliphatic rings. The Bertz CT molecular complexity index is 678. The number of carbonyl (C=O) groups is 2. The van der Waals surface area contributed by atoms with Gasteiger partial charge >= 0.3 is 0 Å². The minimum atomic E-state index is -1.36. The van der Waals surface area contributed by atoms with Crippen LogP contribution in [0.2, 0.25) is 10.0 Å². The number of carbonyl (C=O) groups excluding carboxylic acids is 2. The van der Waals surface area contributed by atoms with E-state index in [0.717, 1.165) is 0 Å².